The number of fused-ring (bicyclic) bond motifs is 2. The molecule has 0 spiro atoms. The van der Waals surface area contributed by atoms with Crippen molar-refractivity contribution < 1.29 is 4.74 Å². The quantitative estimate of drug-likeness (QED) is 0.538. The van der Waals surface area contributed by atoms with Crippen LogP contribution in [0.5, 0.6) is 5.75 Å². The largest absolute Gasteiger partial charge is 0.493 e. The average Bonchev–Trinajstić information content (AvgIpc) is 2.66. The molecule has 1 aromatic carbocycles. The Morgan fingerprint density at radius 1 is 1.47 bits per heavy atom. The minimum Gasteiger partial charge on any atom is -0.493 e. The molecular formula is C13H10BrNOS. The summed E-state index contributed by atoms with van der Waals surface area (Å²) in [5.74, 6) is 0.948. The maximum absolute atomic E-state index is 5.78. The van der Waals surface area contributed by atoms with Gasteiger partial charge in [0, 0.05) is 27.4 Å². The monoisotopic (exact) mass is 307 g/mol. The zero-order valence-electron chi connectivity index (χ0n) is 9.07. The van der Waals surface area contributed by atoms with Crippen molar-refractivity contribution in [2.75, 3.05) is 13.2 Å². The third-order valence-electron chi connectivity index (χ3n) is 2.86. The molecule has 0 bridgehead atoms. The Kier molecular flexibility index (Phi) is 2.81. The normalized spacial score (nSPS) is 18.0. The van der Waals surface area contributed by atoms with E-state index in [9.17, 15) is 0 Å². The number of ether oxygens (including phenoxy) is 1. The maximum Gasteiger partial charge on any atom is 0.128 e. The summed E-state index contributed by atoms with van der Waals surface area (Å²) in [5.41, 5.74) is 2.49. The molecule has 0 aliphatic carbocycles. The van der Waals surface area contributed by atoms with Gasteiger partial charge in [-0.15, -0.1) is 0 Å². The Morgan fingerprint density at radius 3 is 3.18 bits per heavy atom. The number of rotatable bonds is 0. The summed E-state index contributed by atoms with van der Waals surface area (Å²) in [6, 6.07) is 8.85. The van der Waals surface area contributed by atoms with E-state index in [-0.39, 0.29) is 0 Å². The van der Waals surface area contributed by atoms with Gasteiger partial charge in [0.1, 0.15) is 5.75 Å². The predicted octanol–water partition coefficient (Wildman–Crippen LogP) is 3.50. The van der Waals surface area contributed by atoms with Gasteiger partial charge in [-0.2, -0.15) is 0 Å². The van der Waals surface area contributed by atoms with Crippen LogP contribution in [0.15, 0.2) is 27.6 Å². The highest BCUT2D eigenvalue weighted by Crippen LogP contribution is 2.44. The van der Waals surface area contributed by atoms with E-state index < -0.39 is 0 Å². The van der Waals surface area contributed by atoms with Crippen molar-refractivity contribution in [1.29, 1.82) is 0 Å². The van der Waals surface area contributed by atoms with Gasteiger partial charge in [0.05, 0.1) is 13.2 Å². The minimum atomic E-state index is 0.716. The molecule has 0 N–H and O–H groups in total. The molecule has 2 aliphatic heterocycles. The summed E-state index contributed by atoms with van der Waals surface area (Å²) in [7, 11) is 0. The molecule has 0 saturated carbocycles. The second kappa shape index (κ2) is 4.32. The van der Waals surface area contributed by atoms with Crippen molar-refractivity contribution in [3.63, 3.8) is 0 Å². The second-order valence-electron chi connectivity index (χ2n) is 3.90. The van der Waals surface area contributed by atoms with Gasteiger partial charge in [0.25, 0.3) is 0 Å². The number of nitrogens with zero attached hydrogens (tertiary/aromatic N) is 1. The molecule has 0 aromatic heterocycles. The summed E-state index contributed by atoms with van der Waals surface area (Å²) in [4.78, 5) is 1.34. The van der Waals surface area contributed by atoms with Gasteiger partial charge in [-0.1, -0.05) is 22.4 Å². The summed E-state index contributed by atoms with van der Waals surface area (Å²) in [6.45, 7) is 1.52. The van der Waals surface area contributed by atoms with Crippen LogP contribution in [0.4, 0.5) is 0 Å². The van der Waals surface area contributed by atoms with Crippen molar-refractivity contribution in [2.24, 2.45) is 0 Å². The van der Waals surface area contributed by atoms with E-state index >= 15 is 0 Å². The van der Waals surface area contributed by atoms with Gasteiger partial charge in [-0.05, 0) is 35.7 Å². The first kappa shape index (κ1) is 11.1. The predicted molar refractivity (Wildman–Crippen MR) is 74.3 cm³/mol. The fraction of sp³-hybridized carbons (Fsp3) is 0.231. The lowest BCUT2D eigenvalue weighted by Gasteiger charge is -2.12. The number of hydrogen-bond acceptors (Lipinski definition) is 3. The van der Waals surface area contributed by atoms with E-state index in [1.54, 1.807) is 11.9 Å². The van der Waals surface area contributed by atoms with Crippen LogP contribution in [0.1, 0.15) is 12.0 Å². The topological polar surface area (TPSA) is 12.5 Å². The molecule has 3 rings (SSSR count). The van der Waals surface area contributed by atoms with Crippen molar-refractivity contribution in [2.45, 2.75) is 6.42 Å². The van der Waals surface area contributed by atoms with Crippen LogP contribution in [0.2, 0.25) is 0 Å². The Morgan fingerprint density at radius 2 is 2.35 bits per heavy atom. The highest BCUT2D eigenvalue weighted by atomic mass is 79.9. The second-order valence-corrected chi connectivity index (χ2v) is 5.93. The molecule has 0 amide bonds. The molecule has 86 valence electrons. The molecular weight excluding hydrogens is 298 g/mol. The standard InChI is InChI=1S/C13H10BrNOS/c1-2-15-8-11-10-4-3-9(14)7-12(10)16-6-5-13(11)17-15/h1,3-4,7H,5-6,8H2. The first-order valence-electron chi connectivity index (χ1n) is 5.34. The molecule has 2 nitrogen and oxygen atoms in total. The van der Waals surface area contributed by atoms with Crippen molar-refractivity contribution in [1.82, 2.24) is 4.31 Å². The van der Waals surface area contributed by atoms with Crippen LogP contribution in [0, 0.1) is 12.5 Å². The number of halogens is 1. The van der Waals surface area contributed by atoms with Crippen LogP contribution in [0.25, 0.3) is 5.57 Å². The van der Waals surface area contributed by atoms with E-state index in [0.29, 0.717) is 6.61 Å². The van der Waals surface area contributed by atoms with E-state index in [0.717, 1.165) is 23.2 Å². The molecule has 4 heteroatoms. The van der Waals surface area contributed by atoms with Crippen LogP contribution in [-0.2, 0) is 0 Å². The summed E-state index contributed by atoms with van der Waals surface area (Å²) in [6.07, 6.45) is 6.40. The highest BCUT2D eigenvalue weighted by Gasteiger charge is 2.26. The number of benzene rings is 1. The first-order chi connectivity index (χ1) is 8.28. The molecule has 0 saturated heterocycles. The van der Waals surface area contributed by atoms with Crippen molar-refractivity contribution in [3.8, 4) is 18.2 Å². The molecule has 0 fully saturated rings. The van der Waals surface area contributed by atoms with Crippen LogP contribution < -0.4 is 4.74 Å². The lowest BCUT2D eigenvalue weighted by atomic mass is 10.0. The molecule has 2 heterocycles. The fourth-order valence-electron chi connectivity index (χ4n) is 2.07. The third-order valence-corrected chi connectivity index (χ3v) is 4.48. The SMILES string of the molecule is C#CN1CC2=C(CCOc3cc(Br)ccc32)S1. The Hall–Kier alpha value is -1.05. The highest BCUT2D eigenvalue weighted by molar-refractivity contribution is 9.10. The lowest BCUT2D eigenvalue weighted by Crippen LogP contribution is -2.06. The maximum atomic E-state index is 5.78. The molecule has 1 aromatic rings. The Balaban J connectivity index is 2.07. The average molecular weight is 308 g/mol. The molecule has 17 heavy (non-hydrogen) atoms. The van der Waals surface area contributed by atoms with Gasteiger partial charge >= 0.3 is 0 Å². The Bertz CT molecular complexity index is 547. The molecule has 0 atom stereocenters. The van der Waals surface area contributed by atoms with E-state index in [1.165, 1.54) is 16.0 Å². The van der Waals surface area contributed by atoms with Crippen molar-refractivity contribution in [3.05, 3.63) is 33.1 Å². The fourth-order valence-corrected chi connectivity index (χ4v) is 3.39. The van der Waals surface area contributed by atoms with Gasteiger partial charge in [-0.25, -0.2) is 0 Å². The third kappa shape index (κ3) is 1.94. The van der Waals surface area contributed by atoms with Gasteiger partial charge < -0.3 is 4.74 Å². The van der Waals surface area contributed by atoms with Crippen LogP contribution in [0.3, 0.4) is 0 Å². The Labute approximate surface area is 113 Å². The van der Waals surface area contributed by atoms with E-state index in [4.69, 9.17) is 11.2 Å². The summed E-state index contributed by atoms with van der Waals surface area (Å²) in [5, 5.41) is 0. The molecule has 0 unspecified atom stereocenters. The molecule has 2 aliphatic rings. The summed E-state index contributed by atoms with van der Waals surface area (Å²) < 4.78 is 8.75. The van der Waals surface area contributed by atoms with Crippen molar-refractivity contribution >= 4 is 33.5 Å². The van der Waals surface area contributed by atoms with Crippen LogP contribution in [-0.4, -0.2) is 17.5 Å². The smallest absolute Gasteiger partial charge is 0.128 e. The zero-order valence-corrected chi connectivity index (χ0v) is 11.5. The molecule has 0 radical (unpaired) electrons. The van der Waals surface area contributed by atoms with E-state index in [1.807, 2.05) is 16.4 Å². The zero-order chi connectivity index (χ0) is 11.8. The lowest BCUT2D eigenvalue weighted by molar-refractivity contribution is 0.325. The van der Waals surface area contributed by atoms with Gasteiger partial charge in [0.15, 0.2) is 0 Å². The minimum absolute atomic E-state index is 0.716. The summed E-state index contributed by atoms with van der Waals surface area (Å²) >= 11 is 5.13. The van der Waals surface area contributed by atoms with Gasteiger partial charge in [0.2, 0.25) is 0 Å². The number of terminal acetylenes is 1. The van der Waals surface area contributed by atoms with Crippen LogP contribution >= 0.6 is 27.9 Å². The van der Waals surface area contributed by atoms with E-state index in [2.05, 4.69) is 28.0 Å². The first-order valence-corrected chi connectivity index (χ1v) is 6.91. The van der Waals surface area contributed by atoms with Gasteiger partial charge in [-0.3, -0.25) is 4.31 Å². The number of hydrogen-bond donors (Lipinski definition) is 0.